The average Bonchev–Trinajstić information content (AvgIpc) is 3.04. The van der Waals surface area contributed by atoms with E-state index in [-0.39, 0.29) is 23.8 Å². The van der Waals surface area contributed by atoms with Crippen LogP contribution in [0.1, 0.15) is 24.3 Å². The van der Waals surface area contributed by atoms with Crippen LogP contribution in [0.25, 0.3) is 0 Å². The summed E-state index contributed by atoms with van der Waals surface area (Å²) in [5, 5.41) is 3.22. The van der Waals surface area contributed by atoms with Crippen molar-refractivity contribution in [3.05, 3.63) is 35.4 Å². The van der Waals surface area contributed by atoms with E-state index in [2.05, 4.69) is 5.32 Å². The molecule has 3 atom stereocenters. The van der Waals surface area contributed by atoms with Crippen molar-refractivity contribution in [2.75, 3.05) is 20.1 Å². The second kappa shape index (κ2) is 5.13. The highest BCUT2D eigenvalue weighted by molar-refractivity contribution is 5.83. The van der Waals surface area contributed by atoms with E-state index in [1.54, 1.807) is 18.0 Å². The Morgan fingerprint density at radius 1 is 1.40 bits per heavy atom. The van der Waals surface area contributed by atoms with Crippen molar-refractivity contribution >= 4 is 5.91 Å². The maximum atomic E-state index is 13.7. The van der Waals surface area contributed by atoms with E-state index < -0.39 is 11.6 Å². The molecule has 1 amide bonds. The second-order valence-corrected chi connectivity index (χ2v) is 5.69. The Morgan fingerprint density at radius 2 is 2.20 bits per heavy atom. The minimum atomic E-state index is -0.839. The molecule has 1 saturated heterocycles. The van der Waals surface area contributed by atoms with Gasteiger partial charge in [-0.25, -0.2) is 8.78 Å². The number of carbonyl (C=O) groups excluding carboxylic acids is 1. The van der Waals surface area contributed by atoms with Crippen molar-refractivity contribution in [1.82, 2.24) is 10.2 Å². The molecular weight excluding hydrogens is 262 g/mol. The fraction of sp³-hybridized carbons (Fsp3) is 0.533. The van der Waals surface area contributed by atoms with Gasteiger partial charge in [-0.15, -0.1) is 0 Å². The summed E-state index contributed by atoms with van der Waals surface area (Å²) in [5.41, 5.74) is 0.335. The normalized spacial score (nSPS) is 28.4. The van der Waals surface area contributed by atoms with Gasteiger partial charge in [0.25, 0.3) is 0 Å². The topological polar surface area (TPSA) is 32.3 Å². The first-order valence-electron chi connectivity index (χ1n) is 7.01. The van der Waals surface area contributed by atoms with Gasteiger partial charge in [0.05, 0.1) is 0 Å². The summed E-state index contributed by atoms with van der Waals surface area (Å²) in [5.74, 6) is -1.97. The predicted molar refractivity (Wildman–Crippen MR) is 71.3 cm³/mol. The lowest BCUT2D eigenvalue weighted by Gasteiger charge is -2.24. The van der Waals surface area contributed by atoms with Gasteiger partial charge in [0, 0.05) is 25.6 Å². The highest BCUT2D eigenvalue weighted by Gasteiger charge is 2.47. The predicted octanol–water partition coefficient (Wildman–Crippen LogP) is 1.89. The van der Waals surface area contributed by atoms with Crippen molar-refractivity contribution in [1.29, 1.82) is 0 Å². The zero-order valence-corrected chi connectivity index (χ0v) is 11.4. The van der Waals surface area contributed by atoms with E-state index in [1.165, 1.54) is 6.07 Å². The summed E-state index contributed by atoms with van der Waals surface area (Å²) in [6.45, 7) is 1.74. The van der Waals surface area contributed by atoms with Crippen LogP contribution < -0.4 is 5.32 Å². The summed E-state index contributed by atoms with van der Waals surface area (Å²) in [6, 6.07) is 4.40. The first-order chi connectivity index (χ1) is 9.59. The van der Waals surface area contributed by atoms with Gasteiger partial charge in [-0.3, -0.25) is 4.79 Å². The zero-order valence-electron chi connectivity index (χ0n) is 11.4. The fourth-order valence-corrected chi connectivity index (χ4v) is 3.03. The Kier molecular flexibility index (Phi) is 3.46. The van der Waals surface area contributed by atoms with Gasteiger partial charge in [0.15, 0.2) is 11.6 Å². The fourth-order valence-electron chi connectivity index (χ4n) is 3.03. The van der Waals surface area contributed by atoms with E-state index in [4.69, 9.17) is 0 Å². The number of rotatable bonds is 3. The first kappa shape index (κ1) is 13.5. The van der Waals surface area contributed by atoms with Crippen LogP contribution in [-0.2, 0) is 4.79 Å². The third-order valence-corrected chi connectivity index (χ3v) is 4.42. The van der Waals surface area contributed by atoms with Crippen molar-refractivity contribution in [2.45, 2.75) is 24.8 Å². The third-order valence-electron chi connectivity index (χ3n) is 4.42. The molecule has 1 aliphatic carbocycles. The van der Waals surface area contributed by atoms with E-state index >= 15 is 0 Å². The number of amides is 1. The number of hydrogen-bond acceptors (Lipinski definition) is 2. The molecule has 0 spiro atoms. The molecule has 1 aliphatic heterocycles. The summed E-state index contributed by atoms with van der Waals surface area (Å²) < 4.78 is 26.9. The van der Waals surface area contributed by atoms with Crippen molar-refractivity contribution < 1.29 is 13.6 Å². The highest BCUT2D eigenvalue weighted by Crippen LogP contribution is 2.49. The molecule has 0 unspecified atom stereocenters. The van der Waals surface area contributed by atoms with Gasteiger partial charge in [-0.1, -0.05) is 12.1 Å². The molecule has 1 aromatic carbocycles. The Bertz CT molecular complexity index is 529. The number of hydrogen-bond donors (Lipinski definition) is 1. The molecule has 2 fully saturated rings. The van der Waals surface area contributed by atoms with Crippen LogP contribution in [0.3, 0.4) is 0 Å². The van der Waals surface area contributed by atoms with Gasteiger partial charge in [-0.2, -0.15) is 0 Å². The third kappa shape index (κ3) is 2.30. The number of benzene rings is 1. The smallest absolute Gasteiger partial charge is 0.226 e. The molecule has 1 saturated carbocycles. The van der Waals surface area contributed by atoms with Crippen molar-refractivity contribution in [3.63, 3.8) is 0 Å². The lowest BCUT2D eigenvalue weighted by atomic mass is 10.1. The molecule has 2 aliphatic rings. The summed E-state index contributed by atoms with van der Waals surface area (Å²) in [4.78, 5) is 14.1. The summed E-state index contributed by atoms with van der Waals surface area (Å²) in [6.07, 6.45) is 1.57. The summed E-state index contributed by atoms with van der Waals surface area (Å²) >= 11 is 0. The summed E-state index contributed by atoms with van der Waals surface area (Å²) in [7, 11) is 1.80. The quantitative estimate of drug-likeness (QED) is 0.917. The highest BCUT2D eigenvalue weighted by atomic mass is 19.2. The molecule has 20 heavy (non-hydrogen) atoms. The molecule has 3 rings (SSSR count). The zero-order chi connectivity index (χ0) is 14.3. The van der Waals surface area contributed by atoms with Crippen LogP contribution in [0.15, 0.2) is 18.2 Å². The minimum absolute atomic E-state index is 0.0485. The molecule has 0 bridgehead atoms. The molecule has 1 heterocycles. The number of carbonyl (C=O) groups is 1. The SMILES string of the molecule is CN(C(=O)[C@@H]1C[C@H]1c1cccc(F)c1F)[C@@H]1CCNC1. The van der Waals surface area contributed by atoms with Gasteiger partial charge in [0.2, 0.25) is 5.91 Å². The molecule has 1 aromatic rings. The van der Waals surface area contributed by atoms with Crippen LogP contribution in [0.4, 0.5) is 8.78 Å². The van der Waals surface area contributed by atoms with Crippen LogP contribution in [0, 0.1) is 17.6 Å². The molecule has 3 nitrogen and oxygen atoms in total. The molecule has 0 radical (unpaired) electrons. The minimum Gasteiger partial charge on any atom is -0.341 e. The van der Waals surface area contributed by atoms with Gasteiger partial charge >= 0.3 is 0 Å². The van der Waals surface area contributed by atoms with E-state index in [0.29, 0.717) is 12.0 Å². The first-order valence-corrected chi connectivity index (χ1v) is 7.01. The van der Waals surface area contributed by atoms with E-state index in [9.17, 15) is 13.6 Å². The van der Waals surface area contributed by atoms with Gasteiger partial charge in [-0.05, 0) is 36.9 Å². The lowest BCUT2D eigenvalue weighted by molar-refractivity contribution is -0.133. The maximum absolute atomic E-state index is 13.7. The van der Waals surface area contributed by atoms with E-state index in [0.717, 1.165) is 25.6 Å². The largest absolute Gasteiger partial charge is 0.341 e. The van der Waals surface area contributed by atoms with Crippen LogP contribution >= 0.6 is 0 Å². The Balaban J connectivity index is 1.69. The number of nitrogens with one attached hydrogen (secondary N) is 1. The van der Waals surface area contributed by atoms with Gasteiger partial charge < -0.3 is 10.2 Å². The van der Waals surface area contributed by atoms with Crippen molar-refractivity contribution in [2.24, 2.45) is 5.92 Å². The molecule has 108 valence electrons. The molecule has 0 aromatic heterocycles. The monoisotopic (exact) mass is 280 g/mol. The standard InChI is InChI=1S/C15H18F2N2O/c1-19(9-5-6-18-8-9)15(20)12-7-11(12)10-3-2-4-13(16)14(10)17/h2-4,9,11-12,18H,5-8H2,1H3/t9-,11+,12-/m1/s1. The number of halogens is 2. The molecule has 5 heteroatoms. The lowest BCUT2D eigenvalue weighted by Crippen LogP contribution is -2.39. The Hall–Kier alpha value is -1.49. The second-order valence-electron chi connectivity index (χ2n) is 5.69. The Morgan fingerprint density at radius 3 is 2.90 bits per heavy atom. The van der Waals surface area contributed by atoms with Crippen LogP contribution in [0.2, 0.25) is 0 Å². The molecular formula is C15H18F2N2O. The van der Waals surface area contributed by atoms with Crippen LogP contribution in [0.5, 0.6) is 0 Å². The van der Waals surface area contributed by atoms with Crippen molar-refractivity contribution in [3.8, 4) is 0 Å². The van der Waals surface area contributed by atoms with Gasteiger partial charge in [0.1, 0.15) is 0 Å². The average molecular weight is 280 g/mol. The number of nitrogens with zero attached hydrogens (tertiary/aromatic N) is 1. The number of likely N-dealkylation sites (N-methyl/N-ethyl adjacent to an activating group) is 1. The van der Waals surface area contributed by atoms with E-state index in [1.807, 2.05) is 0 Å². The molecule has 1 N–H and O–H groups in total. The Labute approximate surface area is 117 Å². The van der Waals surface area contributed by atoms with Crippen LogP contribution in [-0.4, -0.2) is 37.0 Å². The maximum Gasteiger partial charge on any atom is 0.226 e.